The maximum Gasteiger partial charge on any atom is 0.416 e. The molecule has 2 aromatic carbocycles. The molecule has 2 rings (SSSR count). The summed E-state index contributed by atoms with van der Waals surface area (Å²) in [5.41, 5.74) is 1.54. The van der Waals surface area contributed by atoms with E-state index in [-0.39, 0.29) is 11.4 Å². The number of hydrazone groups is 1. The molecule has 0 heterocycles. The minimum absolute atomic E-state index is 0.0194. The van der Waals surface area contributed by atoms with Crippen molar-refractivity contribution in [2.75, 3.05) is 11.9 Å². The van der Waals surface area contributed by atoms with Gasteiger partial charge in [-0.25, -0.2) is 10.2 Å². The van der Waals surface area contributed by atoms with E-state index < -0.39 is 30.2 Å². The molecule has 3 amide bonds. The third-order valence-electron chi connectivity index (χ3n) is 3.19. The van der Waals surface area contributed by atoms with E-state index in [0.29, 0.717) is 5.56 Å². The molecule has 27 heavy (non-hydrogen) atoms. The van der Waals surface area contributed by atoms with Gasteiger partial charge in [-0.05, 0) is 30.3 Å². The van der Waals surface area contributed by atoms with Crippen LogP contribution in [0.3, 0.4) is 0 Å². The second kappa shape index (κ2) is 8.70. The Labute approximate surface area is 151 Å². The van der Waals surface area contributed by atoms with Gasteiger partial charge in [0.2, 0.25) is 0 Å². The van der Waals surface area contributed by atoms with Gasteiger partial charge in [0, 0.05) is 11.3 Å². The Morgan fingerprint density at radius 2 is 1.85 bits per heavy atom. The number of carbonyl (C=O) groups excluding carboxylic acids is 2. The van der Waals surface area contributed by atoms with Crippen LogP contribution in [-0.2, 0) is 11.0 Å². The Balaban J connectivity index is 1.80. The molecule has 0 aliphatic carbocycles. The van der Waals surface area contributed by atoms with E-state index >= 15 is 0 Å². The largest absolute Gasteiger partial charge is 0.507 e. The molecule has 0 aliphatic heterocycles. The van der Waals surface area contributed by atoms with Crippen LogP contribution in [0.5, 0.6) is 5.75 Å². The monoisotopic (exact) mass is 380 g/mol. The number of phenols is 1. The highest BCUT2D eigenvalue weighted by molar-refractivity contribution is 5.92. The zero-order valence-corrected chi connectivity index (χ0v) is 13.7. The number of anilines is 1. The van der Waals surface area contributed by atoms with Crippen LogP contribution >= 0.6 is 0 Å². The number of carbonyl (C=O) groups is 2. The number of hydrogen-bond donors (Lipinski definition) is 4. The number of amides is 3. The quantitative estimate of drug-likeness (QED) is 0.474. The second-order valence-electron chi connectivity index (χ2n) is 5.24. The fourth-order valence-corrected chi connectivity index (χ4v) is 1.92. The number of nitrogens with one attached hydrogen (secondary N) is 3. The zero-order valence-electron chi connectivity index (χ0n) is 13.7. The van der Waals surface area contributed by atoms with E-state index in [1.165, 1.54) is 18.3 Å². The molecule has 7 nitrogen and oxygen atoms in total. The highest BCUT2D eigenvalue weighted by Crippen LogP contribution is 2.30. The molecule has 10 heteroatoms. The van der Waals surface area contributed by atoms with E-state index in [0.717, 1.165) is 18.2 Å². The number of halogens is 3. The summed E-state index contributed by atoms with van der Waals surface area (Å²) >= 11 is 0. The molecule has 2 aromatic rings. The minimum atomic E-state index is -4.53. The van der Waals surface area contributed by atoms with Crippen LogP contribution in [0, 0.1) is 0 Å². The Kier molecular flexibility index (Phi) is 6.36. The van der Waals surface area contributed by atoms with Crippen LogP contribution in [0.4, 0.5) is 23.7 Å². The van der Waals surface area contributed by atoms with Crippen LogP contribution in [0.1, 0.15) is 11.1 Å². The summed E-state index contributed by atoms with van der Waals surface area (Å²) in [4.78, 5) is 23.2. The van der Waals surface area contributed by atoms with Crippen LogP contribution < -0.4 is 16.1 Å². The number of urea groups is 1. The summed E-state index contributed by atoms with van der Waals surface area (Å²) < 4.78 is 37.8. The van der Waals surface area contributed by atoms with Gasteiger partial charge in [-0.3, -0.25) is 4.79 Å². The average molecular weight is 380 g/mol. The average Bonchev–Trinajstić information content (AvgIpc) is 2.61. The molecule has 0 spiro atoms. The summed E-state index contributed by atoms with van der Waals surface area (Å²) in [5.74, 6) is -0.685. The Bertz CT molecular complexity index is 853. The number of aromatic hydroxyl groups is 1. The van der Waals surface area contributed by atoms with Crippen molar-refractivity contribution in [2.45, 2.75) is 6.18 Å². The Morgan fingerprint density at radius 1 is 1.11 bits per heavy atom. The summed E-state index contributed by atoms with van der Waals surface area (Å²) in [6, 6.07) is 9.55. The van der Waals surface area contributed by atoms with Crippen LogP contribution in [0.15, 0.2) is 53.6 Å². The zero-order chi connectivity index (χ0) is 19.9. The minimum Gasteiger partial charge on any atom is -0.507 e. The summed E-state index contributed by atoms with van der Waals surface area (Å²) in [6.45, 7) is -0.455. The van der Waals surface area contributed by atoms with E-state index in [9.17, 15) is 27.9 Å². The van der Waals surface area contributed by atoms with Crippen molar-refractivity contribution < 1.29 is 27.9 Å². The topological polar surface area (TPSA) is 103 Å². The summed E-state index contributed by atoms with van der Waals surface area (Å²) in [5, 5.41) is 17.5. The maximum atomic E-state index is 12.6. The lowest BCUT2D eigenvalue weighted by Crippen LogP contribution is -2.37. The van der Waals surface area contributed by atoms with Crippen molar-refractivity contribution >= 4 is 23.8 Å². The Morgan fingerprint density at radius 3 is 2.56 bits per heavy atom. The third-order valence-corrected chi connectivity index (χ3v) is 3.19. The lowest BCUT2D eigenvalue weighted by Gasteiger charge is -2.10. The molecule has 0 radical (unpaired) electrons. The fourth-order valence-electron chi connectivity index (χ4n) is 1.92. The molecule has 0 aromatic heterocycles. The number of rotatable bonds is 5. The molecule has 0 fully saturated rings. The lowest BCUT2D eigenvalue weighted by molar-refractivity contribution is -0.137. The van der Waals surface area contributed by atoms with Gasteiger partial charge in [0.1, 0.15) is 12.3 Å². The highest BCUT2D eigenvalue weighted by Gasteiger charge is 2.30. The molecular formula is C17H15F3N4O3. The summed E-state index contributed by atoms with van der Waals surface area (Å²) in [6.07, 6.45) is -3.31. The molecule has 4 N–H and O–H groups in total. The predicted molar refractivity (Wildman–Crippen MR) is 92.3 cm³/mol. The first kappa shape index (κ1) is 19.8. The van der Waals surface area contributed by atoms with Crippen molar-refractivity contribution in [2.24, 2.45) is 5.10 Å². The molecule has 142 valence electrons. The van der Waals surface area contributed by atoms with E-state index in [4.69, 9.17) is 0 Å². The standard InChI is InChI=1S/C17H15F3N4O3/c18-17(19,20)12-5-3-6-13(8-12)23-16(27)21-10-15(26)24-22-9-11-4-1-2-7-14(11)25/h1-9,25H,10H2,(H,24,26)(H2,21,23,27)/b22-9+. The maximum absolute atomic E-state index is 12.6. The van der Waals surface area contributed by atoms with Crippen LogP contribution in [0.2, 0.25) is 0 Å². The first-order valence-electron chi connectivity index (χ1n) is 7.58. The van der Waals surface area contributed by atoms with Crippen molar-refractivity contribution in [1.29, 1.82) is 0 Å². The van der Waals surface area contributed by atoms with Gasteiger partial charge in [-0.1, -0.05) is 18.2 Å². The molecule has 0 saturated heterocycles. The summed E-state index contributed by atoms with van der Waals surface area (Å²) in [7, 11) is 0. The van der Waals surface area contributed by atoms with E-state index in [1.807, 2.05) is 0 Å². The van der Waals surface area contributed by atoms with Gasteiger partial charge in [0.25, 0.3) is 5.91 Å². The molecule has 0 aliphatic rings. The van der Waals surface area contributed by atoms with Gasteiger partial charge < -0.3 is 15.7 Å². The van der Waals surface area contributed by atoms with Gasteiger partial charge in [-0.15, -0.1) is 0 Å². The van der Waals surface area contributed by atoms with Crippen molar-refractivity contribution in [3.8, 4) is 5.75 Å². The number of nitrogens with zero attached hydrogens (tertiary/aromatic N) is 1. The SMILES string of the molecule is O=C(CNC(=O)Nc1cccc(C(F)(F)F)c1)N/N=C/c1ccccc1O. The first-order chi connectivity index (χ1) is 12.8. The van der Waals surface area contributed by atoms with Crippen LogP contribution in [-0.4, -0.2) is 29.8 Å². The fraction of sp³-hybridized carbons (Fsp3) is 0.118. The molecule has 0 saturated carbocycles. The smallest absolute Gasteiger partial charge is 0.416 e. The van der Waals surface area contributed by atoms with E-state index in [2.05, 4.69) is 21.2 Å². The normalized spacial score (nSPS) is 11.2. The number of hydrogen-bond acceptors (Lipinski definition) is 4. The number of benzene rings is 2. The van der Waals surface area contributed by atoms with E-state index in [1.54, 1.807) is 18.2 Å². The molecule has 0 unspecified atom stereocenters. The number of para-hydroxylation sites is 1. The Hall–Kier alpha value is -3.56. The van der Waals surface area contributed by atoms with Gasteiger partial charge in [-0.2, -0.15) is 18.3 Å². The van der Waals surface area contributed by atoms with Crippen LogP contribution in [0.25, 0.3) is 0 Å². The van der Waals surface area contributed by atoms with Crippen molar-refractivity contribution in [1.82, 2.24) is 10.7 Å². The van der Waals surface area contributed by atoms with Gasteiger partial charge in [0.15, 0.2) is 0 Å². The molecule has 0 bridgehead atoms. The van der Waals surface area contributed by atoms with Crippen molar-refractivity contribution in [3.63, 3.8) is 0 Å². The predicted octanol–water partition coefficient (Wildman–Crippen LogP) is 2.68. The van der Waals surface area contributed by atoms with Gasteiger partial charge in [0.05, 0.1) is 11.8 Å². The highest BCUT2D eigenvalue weighted by atomic mass is 19.4. The third kappa shape index (κ3) is 6.34. The lowest BCUT2D eigenvalue weighted by atomic mass is 10.2. The second-order valence-corrected chi connectivity index (χ2v) is 5.24. The number of alkyl halides is 3. The molecule has 0 atom stereocenters. The first-order valence-corrected chi connectivity index (χ1v) is 7.58. The van der Waals surface area contributed by atoms with Gasteiger partial charge >= 0.3 is 12.2 Å². The number of phenolic OH excluding ortho intramolecular Hbond substituents is 1. The van der Waals surface area contributed by atoms with Crippen molar-refractivity contribution in [3.05, 3.63) is 59.7 Å². The molecular weight excluding hydrogens is 365 g/mol.